The molecule has 0 aromatic rings. The van der Waals surface area contributed by atoms with Crippen molar-refractivity contribution in [1.82, 2.24) is 0 Å². The third-order valence-corrected chi connectivity index (χ3v) is 2.03. The van der Waals surface area contributed by atoms with Crippen molar-refractivity contribution < 1.29 is 0 Å². The normalized spacial score (nSPS) is 16.8. The molecule has 0 saturated heterocycles. The van der Waals surface area contributed by atoms with Gasteiger partial charge in [0.05, 0.1) is 0 Å². The van der Waals surface area contributed by atoms with Gasteiger partial charge in [-0.05, 0) is 24.8 Å². The van der Waals surface area contributed by atoms with Gasteiger partial charge in [0, 0.05) is 0 Å². The minimum absolute atomic E-state index is 1.02. The molecule has 0 aromatic heterocycles. The van der Waals surface area contributed by atoms with Crippen molar-refractivity contribution in [3.05, 3.63) is 60.8 Å². The highest BCUT2D eigenvalue weighted by Crippen LogP contribution is 2.18. The van der Waals surface area contributed by atoms with Gasteiger partial charge in [-0.2, -0.15) is 0 Å². The zero-order valence-electron chi connectivity index (χ0n) is 8.00. The van der Waals surface area contributed by atoms with Gasteiger partial charge in [0.1, 0.15) is 0 Å². The summed E-state index contributed by atoms with van der Waals surface area (Å²) in [4.78, 5) is 0. The highest BCUT2D eigenvalue weighted by molar-refractivity contribution is 5.34. The molecule has 0 amide bonds. The first-order chi connectivity index (χ1) is 6.33. The van der Waals surface area contributed by atoms with E-state index in [4.69, 9.17) is 0 Å². The highest BCUT2D eigenvalue weighted by Gasteiger charge is 1.99. The van der Waals surface area contributed by atoms with E-state index in [9.17, 15) is 0 Å². The highest BCUT2D eigenvalue weighted by atomic mass is 14.0. The summed E-state index contributed by atoms with van der Waals surface area (Å²) in [6, 6.07) is 0. The number of allylic oxidation sites excluding steroid dienone is 8. The molecule has 0 atom stereocenters. The fourth-order valence-corrected chi connectivity index (χ4v) is 1.31. The number of hydrogen-bond acceptors (Lipinski definition) is 0. The van der Waals surface area contributed by atoms with E-state index in [2.05, 4.69) is 31.4 Å². The van der Waals surface area contributed by atoms with Gasteiger partial charge in [-0.25, -0.2) is 0 Å². The Bertz CT molecular complexity index is 274. The molecule has 0 N–H and O–H groups in total. The van der Waals surface area contributed by atoms with Crippen LogP contribution < -0.4 is 0 Å². The minimum atomic E-state index is 1.02. The lowest BCUT2D eigenvalue weighted by molar-refractivity contribution is 0.916. The van der Waals surface area contributed by atoms with E-state index in [0.29, 0.717) is 0 Å². The van der Waals surface area contributed by atoms with Crippen molar-refractivity contribution in [2.24, 2.45) is 0 Å². The van der Waals surface area contributed by atoms with Crippen molar-refractivity contribution in [2.75, 3.05) is 0 Å². The van der Waals surface area contributed by atoms with Crippen LogP contribution in [0.15, 0.2) is 60.8 Å². The van der Waals surface area contributed by atoms with Crippen LogP contribution in [0.3, 0.4) is 0 Å². The predicted molar refractivity (Wildman–Crippen MR) is 59.6 cm³/mol. The Labute approximate surface area is 80.7 Å². The van der Waals surface area contributed by atoms with Gasteiger partial charge in [0.2, 0.25) is 0 Å². The minimum Gasteiger partial charge on any atom is -0.0991 e. The Morgan fingerprint density at radius 3 is 2.85 bits per heavy atom. The molecule has 0 nitrogen and oxygen atoms in total. The average Bonchev–Trinajstić information content (AvgIpc) is 2.64. The first-order valence-corrected chi connectivity index (χ1v) is 4.68. The van der Waals surface area contributed by atoms with Crippen LogP contribution >= 0.6 is 0 Å². The van der Waals surface area contributed by atoms with E-state index in [1.807, 2.05) is 12.2 Å². The third-order valence-electron chi connectivity index (χ3n) is 2.03. The van der Waals surface area contributed by atoms with Crippen LogP contribution in [-0.2, 0) is 0 Å². The SMILES string of the molecule is C=C/C=C\C(=C)/C=C/C1=CCCC1. The first kappa shape index (κ1) is 9.79. The van der Waals surface area contributed by atoms with E-state index >= 15 is 0 Å². The summed E-state index contributed by atoms with van der Waals surface area (Å²) in [6.07, 6.45) is 15.9. The van der Waals surface area contributed by atoms with Crippen LogP contribution in [0, 0.1) is 0 Å². The lowest BCUT2D eigenvalue weighted by Crippen LogP contribution is -1.71. The molecule has 0 heteroatoms. The smallest absolute Gasteiger partial charge is 0.0279 e. The molecule has 1 rings (SSSR count). The first-order valence-electron chi connectivity index (χ1n) is 4.68. The lowest BCUT2D eigenvalue weighted by atomic mass is 10.2. The summed E-state index contributed by atoms with van der Waals surface area (Å²) < 4.78 is 0. The molecule has 13 heavy (non-hydrogen) atoms. The molecule has 0 unspecified atom stereocenters. The van der Waals surface area contributed by atoms with Gasteiger partial charge < -0.3 is 0 Å². The van der Waals surface area contributed by atoms with Gasteiger partial charge in [-0.15, -0.1) is 0 Å². The summed E-state index contributed by atoms with van der Waals surface area (Å²) in [5, 5.41) is 0. The van der Waals surface area contributed by atoms with Gasteiger partial charge in [0.15, 0.2) is 0 Å². The molecule has 0 aromatic carbocycles. The molecule has 0 aliphatic heterocycles. The van der Waals surface area contributed by atoms with E-state index in [-0.39, 0.29) is 0 Å². The molecule has 68 valence electrons. The number of hydrogen-bond donors (Lipinski definition) is 0. The molecule has 1 aliphatic rings. The van der Waals surface area contributed by atoms with Gasteiger partial charge >= 0.3 is 0 Å². The summed E-state index contributed by atoms with van der Waals surface area (Å²) >= 11 is 0. The molecule has 0 heterocycles. The predicted octanol–water partition coefficient (Wildman–Crippen LogP) is 3.95. The van der Waals surface area contributed by atoms with Crippen molar-refractivity contribution in [1.29, 1.82) is 0 Å². The number of rotatable bonds is 4. The summed E-state index contributed by atoms with van der Waals surface area (Å²) in [6.45, 7) is 7.51. The third kappa shape index (κ3) is 3.75. The second-order valence-corrected chi connectivity index (χ2v) is 3.17. The van der Waals surface area contributed by atoms with E-state index in [0.717, 1.165) is 5.57 Å². The largest absolute Gasteiger partial charge is 0.0991 e. The Morgan fingerprint density at radius 2 is 2.23 bits per heavy atom. The Balaban J connectivity index is 2.42. The Morgan fingerprint density at radius 1 is 1.38 bits per heavy atom. The molecule has 0 fully saturated rings. The maximum absolute atomic E-state index is 3.90. The molecule has 0 radical (unpaired) electrons. The molecule has 0 spiro atoms. The van der Waals surface area contributed by atoms with Crippen molar-refractivity contribution in [2.45, 2.75) is 19.3 Å². The second-order valence-electron chi connectivity index (χ2n) is 3.17. The Kier molecular flexibility index (Phi) is 4.04. The lowest BCUT2D eigenvalue weighted by Gasteiger charge is -1.91. The van der Waals surface area contributed by atoms with Crippen molar-refractivity contribution >= 4 is 0 Å². The summed E-state index contributed by atoms with van der Waals surface area (Å²) in [5.74, 6) is 0. The topological polar surface area (TPSA) is 0 Å². The Hall–Kier alpha value is -1.30. The maximum Gasteiger partial charge on any atom is -0.0279 e. The summed E-state index contributed by atoms with van der Waals surface area (Å²) in [5.41, 5.74) is 2.46. The van der Waals surface area contributed by atoms with Gasteiger partial charge in [-0.3, -0.25) is 0 Å². The van der Waals surface area contributed by atoms with Gasteiger partial charge in [-0.1, -0.05) is 55.2 Å². The molecular weight excluding hydrogens is 156 g/mol. The quantitative estimate of drug-likeness (QED) is 0.563. The fourth-order valence-electron chi connectivity index (χ4n) is 1.31. The summed E-state index contributed by atoms with van der Waals surface area (Å²) in [7, 11) is 0. The molecular formula is C13H16. The standard InChI is InChI=1S/C13H16/c1-3-4-7-12(2)10-11-13-8-5-6-9-13/h3-4,7-8,10-11H,1-2,5-6,9H2/b7-4-,11-10+. The van der Waals surface area contributed by atoms with Crippen LogP contribution in [0.4, 0.5) is 0 Å². The molecule has 0 saturated carbocycles. The molecule has 0 bridgehead atoms. The van der Waals surface area contributed by atoms with Crippen LogP contribution in [0.1, 0.15) is 19.3 Å². The van der Waals surface area contributed by atoms with Crippen molar-refractivity contribution in [3.8, 4) is 0 Å². The van der Waals surface area contributed by atoms with E-state index < -0.39 is 0 Å². The van der Waals surface area contributed by atoms with Crippen molar-refractivity contribution in [3.63, 3.8) is 0 Å². The maximum atomic E-state index is 3.90. The monoisotopic (exact) mass is 172 g/mol. The van der Waals surface area contributed by atoms with Crippen LogP contribution in [0.5, 0.6) is 0 Å². The zero-order valence-corrected chi connectivity index (χ0v) is 8.00. The van der Waals surface area contributed by atoms with E-state index in [1.54, 1.807) is 6.08 Å². The van der Waals surface area contributed by atoms with Gasteiger partial charge in [0.25, 0.3) is 0 Å². The molecule has 1 aliphatic carbocycles. The van der Waals surface area contributed by atoms with E-state index in [1.165, 1.54) is 24.8 Å². The van der Waals surface area contributed by atoms with Crippen LogP contribution in [0.25, 0.3) is 0 Å². The zero-order chi connectivity index (χ0) is 9.52. The van der Waals surface area contributed by atoms with Crippen LogP contribution in [-0.4, -0.2) is 0 Å². The average molecular weight is 172 g/mol. The fraction of sp³-hybridized carbons (Fsp3) is 0.231. The van der Waals surface area contributed by atoms with Crippen LogP contribution in [0.2, 0.25) is 0 Å². The second kappa shape index (κ2) is 5.36.